The molecule has 1 amide bonds. The monoisotopic (exact) mass is 278 g/mol. The summed E-state index contributed by atoms with van der Waals surface area (Å²) in [6.45, 7) is 0. The molecule has 7 nitrogen and oxygen atoms in total. The summed E-state index contributed by atoms with van der Waals surface area (Å²) in [4.78, 5) is 22.1. The van der Waals surface area contributed by atoms with Crippen molar-refractivity contribution >= 4 is 29.0 Å². The first-order valence-corrected chi connectivity index (χ1v) is 5.50. The van der Waals surface area contributed by atoms with Gasteiger partial charge in [0, 0.05) is 6.07 Å². The van der Waals surface area contributed by atoms with Crippen LogP contribution in [0.25, 0.3) is 0 Å². The van der Waals surface area contributed by atoms with Gasteiger partial charge in [0.1, 0.15) is 5.56 Å². The van der Waals surface area contributed by atoms with E-state index in [1.165, 1.54) is 36.4 Å². The van der Waals surface area contributed by atoms with E-state index < -0.39 is 10.8 Å². The Kier molecular flexibility index (Phi) is 3.67. The number of nitrogens with zero attached hydrogens (tertiary/aromatic N) is 3. The van der Waals surface area contributed by atoms with Crippen LogP contribution >= 0.6 is 11.6 Å². The highest BCUT2D eigenvalue weighted by Crippen LogP contribution is 2.18. The van der Waals surface area contributed by atoms with Crippen molar-refractivity contribution < 1.29 is 9.72 Å². The normalized spacial score (nSPS) is 9.95. The van der Waals surface area contributed by atoms with Crippen LogP contribution in [0.15, 0.2) is 36.4 Å². The summed E-state index contributed by atoms with van der Waals surface area (Å²) >= 11 is 5.56. The summed E-state index contributed by atoms with van der Waals surface area (Å²) in [5.74, 6) is -0.475. The number of carbonyl (C=O) groups is 1. The van der Waals surface area contributed by atoms with Crippen molar-refractivity contribution in [3.05, 3.63) is 57.2 Å². The second-order valence-electron chi connectivity index (χ2n) is 3.47. The number of para-hydroxylation sites is 1. The molecule has 0 aliphatic rings. The number of hydrogen-bond donors (Lipinski definition) is 1. The molecule has 1 aromatic heterocycles. The van der Waals surface area contributed by atoms with Gasteiger partial charge in [0.05, 0.1) is 4.92 Å². The lowest BCUT2D eigenvalue weighted by molar-refractivity contribution is -0.385. The number of nitrogens with one attached hydrogen (secondary N) is 1. The topological polar surface area (TPSA) is 98.0 Å². The van der Waals surface area contributed by atoms with Crippen LogP contribution < -0.4 is 5.32 Å². The summed E-state index contributed by atoms with van der Waals surface area (Å²) in [6, 6.07) is 8.53. The van der Waals surface area contributed by atoms with Gasteiger partial charge in [-0.3, -0.25) is 14.9 Å². The number of benzene rings is 1. The molecule has 0 unspecified atom stereocenters. The lowest BCUT2D eigenvalue weighted by Crippen LogP contribution is -2.15. The molecule has 0 spiro atoms. The maximum Gasteiger partial charge on any atom is 0.282 e. The van der Waals surface area contributed by atoms with Gasteiger partial charge in [0.15, 0.2) is 11.0 Å². The Morgan fingerprint density at radius 2 is 1.95 bits per heavy atom. The Hall–Kier alpha value is -2.54. The first kappa shape index (κ1) is 12.9. The van der Waals surface area contributed by atoms with Crippen molar-refractivity contribution in [1.82, 2.24) is 10.2 Å². The standard InChI is InChI=1S/C11H7ClN4O3/c12-9-5-6-10(15-14-9)13-11(17)7-3-1-2-4-8(7)16(18)19/h1-6H,(H,13,15,17). The largest absolute Gasteiger partial charge is 0.305 e. The Labute approximate surface area is 112 Å². The molecular formula is C11H7ClN4O3. The van der Waals surface area contributed by atoms with E-state index in [0.717, 1.165) is 0 Å². The summed E-state index contributed by atoms with van der Waals surface area (Å²) in [6.07, 6.45) is 0. The van der Waals surface area contributed by atoms with Crippen LogP contribution in [0.5, 0.6) is 0 Å². The molecule has 0 radical (unpaired) electrons. The maximum absolute atomic E-state index is 11.9. The third kappa shape index (κ3) is 3.02. The number of nitro groups is 1. The molecule has 8 heteroatoms. The molecule has 0 bridgehead atoms. The average Bonchev–Trinajstić information content (AvgIpc) is 2.41. The van der Waals surface area contributed by atoms with Crippen molar-refractivity contribution in [3.63, 3.8) is 0 Å². The van der Waals surface area contributed by atoms with Gasteiger partial charge in [-0.15, -0.1) is 10.2 Å². The molecule has 0 saturated carbocycles. The van der Waals surface area contributed by atoms with Crippen LogP contribution in [0, 0.1) is 10.1 Å². The smallest absolute Gasteiger partial charge is 0.282 e. The third-order valence-electron chi connectivity index (χ3n) is 2.22. The summed E-state index contributed by atoms with van der Waals surface area (Å²) < 4.78 is 0. The molecule has 1 aromatic carbocycles. The van der Waals surface area contributed by atoms with Gasteiger partial charge in [-0.2, -0.15) is 0 Å². The number of nitro benzene ring substituents is 1. The minimum atomic E-state index is -0.635. The first-order chi connectivity index (χ1) is 9.08. The Bertz CT molecular complexity index is 630. The second-order valence-corrected chi connectivity index (χ2v) is 3.86. The van der Waals surface area contributed by atoms with Gasteiger partial charge in [-0.05, 0) is 18.2 Å². The van der Waals surface area contributed by atoms with Crippen LogP contribution in [0.2, 0.25) is 5.15 Å². The fourth-order valence-electron chi connectivity index (χ4n) is 1.39. The predicted octanol–water partition coefficient (Wildman–Crippen LogP) is 2.29. The van der Waals surface area contributed by atoms with Gasteiger partial charge in [-0.1, -0.05) is 23.7 Å². The van der Waals surface area contributed by atoms with Gasteiger partial charge >= 0.3 is 0 Å². The number of anilines is 1. The van der Waals surface area contributed by atoms with Gasteiger partial charge in [0.25, 0.3) is 11.6 Å². The van der Waals surface area contributed by atoms with Crippen LogP contribution in [-0.2, 0) is 0 Å². The molecule has 1 N–H and O–H groups in total. The molecule has 0 aliphatic carbocycles. The number of rotatable bonds is 3. The van der Waals surface area contributed by atoms with Gasteiger partial charge in [0.2, 0.25) is 0 Å². The molecule has 2 aromatic rings. The lowest BCUT2D eigenvalue weighted by atomic mass is 10.1. The van der Waals surface area contributed by atoms with E-state index in [-0.39, 0.29) is 22.2 Å². The zero-order valence-electron chi connectivity index (χ0n) is 9.41. The average molecular weight is 279 g/mol. The number of halogens is 1. The molecule has 0 fully saturated rings. The minimum Gasteiger partial charge on any atom is -0.305 e. The molecule has 2 rings (SSSR count). The zero-order chi connectivity index (χ0) is 13.8. The number of hydrogen-bond acceptors (Lipinski definition) is 5. The Morgan fingerprint density at radius 3 is 2.58 bits per heavy atom. The van der Waals surface area contributed by atoms with Crippen LogP contribution in [-0.4, -0.2) is 21.0 Å². The SMILES string of the molecule is O=C(Nc1ccc(Cl)nn1)c1ccccc1[N+](=O)[O-]. The van der Waals surface area contributed by atoms with Gasteiger partial charge < -0.3 is 5.32 Å². The van der Waals surface area contributed by atoms with Gasteiger partial charge in [-0.25, -0.2) is 0 Å². The minimum absolute atomic E-state index is 0.0516. The van der Waals surface area contributed by atoms with E-state index in [1.807, 2.05) is 0 Å². The quantitative estimate of drug-likeness (QED) is 0.686. The van der Waals surface area contributed by atoms with Crippen molar-refractivity contribution in [2.24, 2.45) is 0 Å². The molecule has 0 saturated heterocycles. The van der Waals surface area contributed by atoms with E-state index in [2.05, 4.69) is 15.5 Å². The summed E-state index contributed by atoms with van der Waals surface area (Å²) in [5.41, 5.74) is -0.328. The molecule has 1 heterocycles. The maximum atomic E-state index is 11.9. The predicted molar refractivity (Wildman–Crippen MR) is 68.1 cm³/mol. The van der Waals surface area contributed by atoms with Crippen LogP contribution in [0.4, 0.5) is 11.5 Å². The van der Waals surface area contributed by atoms with Crippen LogP contribution in [0.1, 0.15) is 10.4 Å². The van der Waals surface area contributed by atoms with Crippen molar-refractivity contribution in [2.45, 2.75) is 0 Å². The number of amides is 1. The Balaban J connectivity index is 2.25. The highest BCUT2D eigenvalue weighted by Gasteiger charge is 2.19. The van der Waals surface area contributed by atoms with E-state index in [1.54, 1.807) is 0 Å². The van der Waals surface area contributed by atoms with Crippen molar-refractivity contribution in [2.75, 3.05) is 5.32 Å². The second kappa shape index (κ2) is 5.40. The molecular weight excluding hydrogens is 272 g/mol. The van der Waals surface area contributed by atoms with E-state index in [0.29, 0.717) is 0 Å². The lowest BCUT2D eigenvalue weighted by Gasteiger charge is -2.04. The summed E-state index contributed by atoms with van der Waals surface area (Å²) in [7, 11) is 0. The van der Waals surface area contributed by atoms with E-state index in [9.17, 15) is 14.9 Å². The molecule has 0 aliphatic heterocycles. The number of carbonyl (C=O) groups excluding carboxylic acids is 1. The molecule has 19 heavy (non-hydrogen) atoms. The fraction of sp³-hybridized carbons (Fsp3) is 0. The number of aromatic nitrogens is 2. The molecule has 96 valence electrons. The fourth-order valence-corrected chi connectivity index (χ4v) is 1.49. The zero-order valence-corrected chi connectivity index (χ0v) is 10.2. The Morgan fingerprint density at radius 1 is 1.21 bits per heavy atom. The third-order valence-corrected chi connectivity index (χ3v) is 2.42. The molecule has 0 atom stereocenters. The first-order valence-electron chi connectivity index (χ1n) is 5.12. The highest BCUT2D eigenvalue weighted by molar-refractivity contribution is 6.29. The summed E-state index contributed by atoms with van der Waals surface area (Å²) in [5, 5.41) is 20.6. The van der Waals surface area contributed by atoms with Crippen molar-refractivity contribution in [3.8, 4) is 0 Å². The highest BCUT2D eigenvalue weighted by atomic mass is 35.5. The van der Waals surface area contributed by atoms with Crippen molar-refractivity contribution in [1.29, 1.82) is 0 Å². The van der Waals surface area contributed by atoms with Crippen LogP contribution in [0.3, 0.4) is 0 Å². The van der Waals surface area contributed by atoms with E-state index >= 15 is 0 Å². The van der Waals surface area contributed by atoms with E-state index in [4.69, 9.17) is 11.6 Å².